The average molecular weight is 515 g/mol. The second-order valence-corrected chi connectivity index (χ2v) is 9.74. The molecule has 0 radical (unpaired) electrons. The van der Waals surface area contributed by atoms with E-state index in [4.69, 9.17) is 14.6 Å². The van der Waals surface area contributed by atoms with Gasteiger partial charge in [0.15, 0.2) is 5.17 Å². The zero-order valence-corrected chi connectivity index (χ0v) is 21.3. The highest BCUT2D eigenvalue weighted by Gasteiger charge is 2.39. The summed E-state index contributed by atoms with van der Waals surface area (Å²) in [5, 5.41) is 9.43. The number of thioether (sulfide) groups is 1. The van der Waals surface area contributed by atoms with Crippen molar-refractivity contribution in [1.82, 2.24) is 5.01 Å². The van der Waals surface area contributed by atoms with Gasteiger partial charge in [-0.1, -0.05) is 42.1 Å². The summed E-state index contributed by atoms with van der Waals surface area (Å²) in [5.41, 5.74) is 3.59. The number of anilines is 1. The van der Waals surface area contributed by atoms with Crippen molar-refractivity contribution in [3.8, 4) is 11.5 Å². The molecule has 2 amide bonds. The van der Waals surface area contributed by atoms with Crippen LogP contribution >= 0.6 is 11.8 Å². The van der Waals surface area contributed by atoms with Gasteiger partial charge in [-0.2, -0.15) is 10.1 Å². The van der Waals surface area contributed by atoms with Gasteiger partial charge in [-0.25, -0.2) is 5.01 Å². The minimum absolute atomic E-state index is 0.0153. The third-order valence-electron chi connectivity index (χ3n) is 6.19. The molecule has 0 bridgehead atoms. The van der Waals surface area contributed by atoms with Crippen LogP contribution in [0.2, 0.25) is 0 Å². The molecule has 2 aliphatic heterocycles. The highest BCUT2D eigenvalue weighted by Crippen LogP contribution is 2.38. The van der Waals surface area contributed by atoms with Crippen molar-refractivity contribution in [2.24, 2.45) is 10.1 Å². The Balaban J connectivity index is 1.32. The number of carbonyl (C=O) groups is 2. The van der Waals surface area contributed by atoms with E-state index in [1.807, 2.05) is 59.6 Å². The lowest BCUT2D eigenvalue weighted by Crippen LogP contribution is -2.25. The van der Waals surface area contributed by atoms with Crippen molar-refractivity contribution in [3.05, 3.63) is 90.0 Å². The molecule has 8 nitrogen and oxygen atoms in total. The van der Waals surface area contributed by atoms with E-state index in [1.54, 1.807) is 38.5 Å². The molecule has 37 heavy (non-hydrogen) atoms. The number of hydrogen-bond donors (Lipinski definition) is 1. The molecule has 0 saturated heterocycles. The van der Waals surface area contributed by atoms with Gasteiger partial charge in [0.05, 0.1) is 26.0 Å². The van der Waals surface area contributed by atoms with Crippen LogP contribution in [0.3, 0.4) is 0 Å². The predicted molar refractivity (Wildman–Crippen MR) is 145 cm³/mol. The highest BCUT2D eigenvalue weighted by atomic mass is 32.2. The Kier molecular flexibility index (Phi) is 7.23. The number of hydrogen-bond acceptors (Lipinski definition) is 7. The minimum atomic E-state index is -0.607. The number of nitrogens with zero attached hydrogens (tertiary/aromatic N) is 3. The number of amidine groups is 1. The first kappa shape index (κ1) is 24.6. The molecule has 5 rings (SSSR count). The first-order chi connectivity index (χ1) is 18.0. The van der Waals surface area contributed by atoms with Gasteiger partial charge in [-0.15, -0.1) is 0 Å². The molecule has 0 spiro atoms. The summed E-state index contributed by atoms with van der Waals surface area (Å²) in [7, 11) is 3.22. The van der Waals surface area contributed by atoms with Crippen molar-refractivity contribution < 1.29 is 19.1 Å². The van der Waals surface area contributed by atoms with Crippen molar-refractivity contribution in [3.63, 3.8) is 0 Å². The molecule has 1 N–H and O–H groups in total. The van der Waals surface area contributed by atoms with Crippen LogP contribution in [0.25, 0.3) is 0 Å². The number of hydrazone groups is 1. The maximum Gasteiger partial charge on any atom is 0.262 e. The lowest BCUT2D eigenvalue weighted by Gasteiger charge is -2.23. The molecule has 0 saturated carbocycles. The van der Waals surface area contributed by atoms with Crippen molar-refractivity contribution in [2.75, 3.05) is 19.5 Å². The van der Waals surface area contributed by atoms with Crippen molar-refractivity contribution in [2.45, 2.75) is 24.1 Å². The molecule has 0 aliphatic carbocycles. The van der Waals surface area contributed by atoms with Gasteiger partial charge < -0.3 is 14.8 Å². The van der Waals surface area contributed by atoms with E-state index in [1.165, 1.54) is 11.8 Å². The maximum absolute atomic E-state index is 12.8. The van der Waals surface area contributed by atoms with Gasteiger partial charge in [-0.05, 0) is 59.7 Å². The van der Waals surface area contributed by atoms with E-state index in [0.29, 0.717) is 23.0 Å². The Labute approximate surface area is 219 Å². The maximum atomic E-state index is 12.8. The van der Waals surface area contributed by atoms with Crippen LogP contribution < -0.4 is 14.8 Å². The standard InChI is InChI=1S/C28H26N4O4S/c1-35-21-12-8-18(9-13-21)23-16-24(19-6-4-3-5-7-19)32(31-23)28-30-27(34)25(37-28)17-26(33)29-20-10-14-22(36-2)15-11-20/h3-15,24-25H,16-17H2,1-2H3,(H,29,33). The SMILES string of the molecule is COc1ccc(NC(=O)CC2SC(N3N=C(c4ccc(OC)cc4)CC3c3ccccc3)=NC2=O)cc1. The Morgan fingerprint density at radius 2 is 1.62 bits per heavy atom. The van der Waals surface area contributed by atoms with Crippen molar-refractivity contribution >= 4 is 40.1 Å². The summed E-state index contributed by atoms with van der Waals surface area (Å²) in [4.78, 5) is 29.8. The van der Waals surface area contributed by atoms with E-state index >= 15 is 0 Å². The number of amides is 2. The number of nitrogens with one attached hydrogen (secondary N) is 1. The smallest absolute Gasteiger partial charge is 0.262 e. The second-order valence-electron chi connectivity index (χ2n) is 8.57. The minimum Gasteiger partial charge on any atom is -0.497 e. The van der Waals surface area contributed by atoms with Crippen LogP contribution in [0.4, 0.5) is 5.69 Å². The Hall–Kier alpha value is -4.11. The molecular weight excluding hydrogens is 488 g/mol. The molecule has 3 aromatic rings. The number of carbonyl (C=O) groups excluding carboxylic acids is 2. The fourth-order valence-corrected chi connectivity index (χ4v) is 5.30. The monoisotopic (exact) mass is 514 g/mol. The lowest BCUT2D eigenvalue weighted by molar-refractivity contribution is -0.121. The van der Waals surface area contributed by atoms with Crippen LogP contribution in [0.5, 0.6) is 11.5 Å². The largest absolute Gasteiger partial charge is 0.497 e. The van der Waals surface area contributed by atoms with Gasteiger partial charge in [-0.3, -0.25) is 9.59 Å². The lowest BCUT2D eigenvalue weighted by atomic mass is 9.98. The zero-order valence-electron chi connectivity index (χ0n) is 20.5. The van der Waals surface area contributed by atoms with Crippen LogP contribution in [0.1, 0.15) is 30.0 Å². The number of aliphatic imine (C=N–C) groups is 1. The van der Waals surface area contributed by atoms with E-state index in [-0.39, 0.29) is 24.3 Å². The quantitative estimate of drug-likeness (QED) is 0.483. The highest BCUT2D eigenvalue weighted by molar-refractivity contribution is 8.15. The van der Waals surface area contributed by atoms with Gasteiger partial charge >= 0.3 is 0 Å². The number of benzene rings is 3. The van der Waals surface area contributed by atoms with E-state index < -0.39 is 5.25 Å². The molecule has 2 aliphatic rings. The summed E-state index contributed by atoms with van der Waals surface area (Å²) >= 11 is 1.28. The number of rotatable bonds is 7. The fraction of sp³-hybridized carbons (Fsp3) is 0.214. The first-order valence-electron chi connectivity index (χ1n) is 11.8. The molecule has 0 aromatic heterocycles. The third kappa shape index (κ3) is 5.51. The normalized spacial score (nSPS) is 18.9. The third-order valence-corrected chi connectivity index (χ3v) is 7.33. The zero-order chi connectivity index (χ0) is 25.8. The molecule has 0 fully saturated rings. The van der Waals surface area contributed by atoms with Crippen LogP contribution in [-0.2, 0) is 9.59 Å². The Bertz CT molecular complexity index is 1340. The number of ether oxygens (including phenoxy) is 2. The molecular formula is C28H26N4O4S. The fourth-order valence-electron chi connectivity index (χ4n) is 4.24. The average Bonchev–Trinajstić information content (AvgIpc) is 3.53. The van der Waals surface area contributed by atoms with Crippen LogP contribution in [-0.4, -0.2) is 47.2 Å². The topological polar surface area (TPSA) is 92.6 Å². The van der Waals surface area contributed by atoms with E-state index in [2.05, 4.69) is 10.3 Å². The van der Waals surface area contributed by atoms with Crippen LogP contribution in [0, 0.1) is 0 Å². The number of methoxy groups -OCH3 is 2. The summed E-state index contributed by atoms with van der Waals surface area (Å²) < 4.78 is 10.4. The van der Waals surface area contributed by atoms with E-state index in [0.717, 1.165) is 22.6 Å². The predicted octanol–water partition coefficient (Wildman–Crippen LogP) is 4.88. The molecule has 188 valence electrons. The van der Waals surface area contributed by atoms with Gasteiger partial charge in [0.25, 0.3) is 5.91 Å². The van der Waals surface area contributed by atoms with Gasteiger partial charge in [0.1, 0.15) is 16.7 Å². The summed E-state index contributed by atoms with van der Waals surface area (Å²) in [5.74, 6) is 0.891. The van der Waals surface area contributed by atoms with Gasteiger partial charge in [0.2, 0.25) is 5.91 Å². The Morgan fingerprint density at radius 1 is 0.973 bits per heavy atom. The molecule has 2 atom stereocenters. The summed E-state index contributed by atoms with van der Waals surface area (Å²) in [6.45, 7) is 0. The molecule has 9 heteroatoms. The first-order valence-corrected chi connectivity index (χ1v) is 12.7. The molecule has 3 aromatic carbocycles. The summed E-state index contributed by atoms with van der Waals surface area (Å²) in [6.07, 6.45) is 0.675. The Morgan fingerprint density at radius 3 is 2.27 bits per heavy atom. The molecule has 2 heterocycles. The molecule has 2 unspecified atom stereocenters. The second kappa shape index (κ2) is 10.9. The van der Waals surface area contributed by atoms with Crippen LogP contribution in [0.15, 0.2) is 89.0 Å². The van der Waals surface area contributed by atoms with Crippen molar-refractivity contribution in [1.29, 1.82) is 0 Å². The summed E-state index contributed by atoms with van der Waals surface area (Å²) in [6, 6.07) is 24.7. The van der Waals surface area contributed by atoms with E-state index in [9.17, 15) is 9.59 Å². The van der Waals surface area contributed by atoms with Gasteiger partial charge in [0, 0.05) is 18.5 Å².